The number of anilines is 1. The van der Waals surface area contributed by atoms with Gasteiger partial charge >= 0.3 is 0 Å². The molecule has 0 amide bonds. The van der Waals surface area contributed by atoms with Crippen LogP contribution in [0.3, 0.4) is 0 Å². The first kappa shape index (κ1) is 20.2. The molecule has 7 nitrogen and oxygen atoms in total. The van der Waals surface area contributed by atoms with Gasteiger partial charge in [0.05, 0.1) is 17.1 Å². The van der Waals surface area contributed by atoms with E-state index in [4.69, 9.17) is 0 Å². The molecule has 1 fully saturated rings. The van der Waals surface area contributed by atoms with Crippen LogP contribution >= 0.6 is 0 Å². The van der Waals surface area contributed by atoms with Gasteiger partial charge in [-0.15, -0.1) is 0 Å². The third-order valence-corrected chi connectivity index (χ3v) is 6.64. The predicted molar refractivity (Wildman–Crippen MR) is 110 cm³/mol. The van der Waals surface area contributed by atoms with Crippen LogP contribution in [0.2, 0.25) is 0 Å². The number of aliphatic hydroxyl groups is 2. The van der Waals surface area contributed by atoms with Gasteiger partial charge in [-0.3, -0.25) is 14.4 Å². The van der Waals surface area contributed by atoms with Crippen LogP contribution in [0.15, 0.2) is 23.0 Å². The Labute approximate surface area is 174 Å². The zero-order valence-corrected chi connectivity index (χ0v) is 17.4. The number of phenols is 1. The number of phenolic OH excluding ortho intramolecular Hbond substituents is 1. The van der Waals surface area contributed by atoms with Crippen molar-refractivity contribution in [2.75, 3.05) is 19.0 Å². The first-order valence-corrected chi connectivity index (χ1v) is 10.0. The van der Waals surface area contributed by atoms with E-state index in [1.807, 2.05) is 25.1 Å². The quantitative estimate of drug-likeness (QED) is 0.641. The fourth-order valence-corrected chi connectivity index (χ4v) is 5.33. The second-order valence-corrected chi connectivity index (χ2v) is 8.75. The van der Waals surface area contributed by atoms with Crippen molar-refractivity contribution in [3.63, 3.8) is 0 Å². The molecule has 0 heterocycles. The van der Waals surface area contributed by atoms with Gasteiger partial charge in [-0.05, 0) is 55.7 Å². The van der Waals surface area contributed by atoms with Crippen molar-refractivity contribution in [2.24, 2.45) is 17.8 Å². The number of Topliss-reactive ketones (excluding diaryl/α,β-unsaturated/α-hetero) is 3. The molecule has 0 aliphatic heterocycles. The first-order valence-electron chi connectivity index (χ1n) is 10.0. The highest BCUT2D eigenvalue weighted by Gasteiger charge is 2.50. The van der Waals surface area contributed by atoms with Gasteiger partial charge in [0.2, 0.25) is 0 Å². The molecular weight excluding hydrogens is 386 g/mol. The number of fused-ring (bicyclic) bond motifs is 3. The van der Waals surface area contributed by atoms with Gasteiger partial charge in [0.1, 0.15) is 17.3 Å². The number of aliphatic hydroxyl groups excluding tert-OH is 2. The molecule has 3 aliphatic rings. The van der Waals surface area contributed by atoms with E-state index in [-0.39, 0.29) is 40.6 Å². The van der Waals surface area contributed by atoms with Crippen LogP contribution in [0.1, 0.15) is 36.5 Å². The van der Waals surface area contributed by atoms with Crippen LogP contribution < -0.4 is 4.90 Å². The number of aryl methyl sites for hydroxylation is 1. The average molecular weight is 411 g/mol. The molecule has 1 saturated carbocycles. The lowest BCUT2D eigenvalue weighted by Gasteiger charge is -2.41. The highest BCUT2D eigenvalue weighted by molar-refractivity contribution is 6.22. The molecule has 7 heteroatoms. The van der Waals surface area contributed by atoms with Gasteiger partial charge in [0.15, 0.2) is 17.3 Å². The smallest absolute Gasteiger partial charge is 0.173 e. The summed E-state index contributed by atoms with van der Waals surface area (Å²) < 4.78 is 0. The molecule has 158 valence electrons. The lowest BCUT2D eigenvalue weighted by molar-refractivity contribution is -0.127. The van der Waals surface area contributed by atoms with Gasteiger partial charge < -0.3 is 20.2 Å². The molecule has 3 atom stereocenters. The number of benzene rings is 1. The van der Waals surface area contributed by atoms with Gasteiger partial charge in [0, 0.05) is 31.8 Å². The normalized spacial score (nSPS) is 25.7. The fraction of sp³-hybridized carbons (Fsp3) is 0.435. The topological polar surface area (TPSA) is 115 Å². The highest BCUT2D eigenvalue weighted by atomic mass is 16.3. The van der Waals surface area contributed by atoms with Crippen molar-refractivity contribution >= 4 is 28.8 Å². The van der Waals surface area contributed by atoms with E-state index in [1.54, 1.807) is 6.92 Å². The Bertz CT molecular complexity index is 1080. The van der Waals surface area contributed by atoms with Crippen LogP contribution in [0.4, 0.5) is 5.69 Å². The molecule has 3 aliphatic carbocycles. The fourth-order valence-electron chi connectivity index (χ4n) is 5.33. The Hall–Kier alpha value is -3.09. The number of carbonyl (C=O) groups excluding carboxylic acids is 3. The summed E-state index contributed by atoms with van der Waals surface area (Å²) in [4.78, 5) is 39.5. The number of ketones is 3. The Morgan fingerprint density at radius 2 is 1.80 bits per heavy atom. The molecule has 4 rings (SSSR count). The maximum Gasteiger partial charge on any atom is 0.173 e. The molecule has 0 radical (unpaired) electrons. The van der Waals surface area contributed by atoms with E-state index in [0.717, 1.165) is 11.3 Å². The Balaban J connectivity index is 1.92. The Morgan fingerprint density at radius 1 is 1.13 bits per heavy atom. The first-order chi connectivity index (χ1) is 14.0. The minimum atomic E-state index is -1.02. The Morgan fingerprint density at radius 3 is 2.40 bits per heavy atom. The maximum absolute atomic E-state index is 13.4. The van der Waals surface area contributed by atoms with E-state index < -0.39 is 34.9 Å². The van der Waals surface area contributed by atoms with Crippen molar-refractivity contribution in [2.45, 2.75) is 33.1 Å². The number of nitrogens with zero attached hydrogens (tertiary/aromatic N) is 1. The molecular formula is C23H25NO6. The van der Waals surface area contributed by atoms with Crippen molar-refractivity contribution in [3.05, 3.63) is 39.7 Å². The molecule has 1 aromatic carbocycles. The van der Waals surface area contributed by atoms with Crippen LogP contribution in [-0.2, 0) is 20.8 Å². The lowest BCUT2D eigenvalue weighted by atomic mass is 9.61. The summed E-state index contributed by atoms with van der Waals surface area (Å²) in [5.74, 6) is -4.08. The largest absolute Gasteiger partial charge is 0.511 e. The van der Waals surface area contributed by atoms with Crippen LogP contribution in [0.5, 0.6) is 5.75 Å². The summed E-state index contributed by atoms with van der Waals surface area (Å²) in [5, 5.41) is 32.4. The number of carbonyl (C=O) groups is 3. The maximum atomic E-state index is 13.4. The number of hydrogen-bond donors (Lipinski definition) is 3. The summed E-state index contributed by atoms with van der Waals surface area (Å²) in [6.45, 7) is 2.92. The number of rotatable bonds is 2. The van der Waals surface area contributed by atoms with Gasteiger partial charge in [-0.1, -0.05) is 0 Å². The minimum Gasteiger partial charge on any atom is -0.511 e. The SMILES string of the molecule is CC(=O)C1=C(O)C2C(=O)C3=C(O)c4c(O)c(C)cc(N(C)C)c4CC3CC2CC1=O. The van der Waals surface area contributed by atoms with Crippen molar-refractivity contribution in [1.29, 1.82) is 0 Å². The molecule has 1 aromatic rings. The van der Waals surface area contributed by atoms with Gasteiger partial charge in [-0.2, -0.15) is 0 Å². The summed E-state index contributed by atoms with van der Waals surface area (Å²) in [6, 6.07) is 1.84. The predicted octanol–water partition coefficient (Wildman–Crippen LogP) is 2.79. The van der Waals surface area contributed by atoms with Crippen LogP contribution in [0.25, 0.3) is 5.76 Å². The Kier molecular flexibility index (Phi) is 4.52. The van der Waals surface area contributed by atoms with Crippen LogP contribution in [0, 0.1) is 24.7 Å². The third kappa shape index (κ3) is 2.68. The van der Waals surface area contributed by atoms with Crippen molar-refractivity contribution in [3.8, 4) is 5.75 Å². The summed E-state index contributed by atoms with van der Waals surface area (Å²) in [7, 11) is 3.74. The molecule has 3 unspecified atom stereocenters. The molecule has 0 saturated heterocycles. The lowest BCUT2D eigenvalue weighted by Crippen LogP contribution is -2.43. The standard InChI is InChI=1S/C23H25NO6/c1-9-5-14(24(3)4)13-7-11-6-12-8-15(26)16(10(2)25)21(28)18(12)22(29)17(11)23(30)19(13)20(9)27/h5,11-12,18,27-28,30H,6-8H2,1-4H3. The third-order valence-electron chi connectivity index (χ3n) is 6.64. The summed E-state index contributed by atoms with van der Waals surface area (Å²) >= 11 is 0. The number of aromatic hydroxyl groups is 1. The number of allylic oxidation sites excluding steroid dienone is 3. The van der Waals surface area contributed by atoms with Gasteiger partial charge in [-0.25, -0.2) is 0 Å². The summed E-state index contributed by atoms with van der Waals surface area (Å²) in [5.41, 5.74) is 2.28. The van der Waals surface area contributed by atoms with E-state index in [9.17, 15) is 29.7 Å². The molecule has 0 spiro atoms. The molecule has 0 aromatic heterocycles. The molecule has 3 N–H and O–H groups in total. The van der Waals surface area contributed by atoms with Gasteiger partial charge in [0.25, 0.3) is 0 Å². The number of hydrogen-bond acceptors (Lipinski definition) is 7. The van der Waals surface area contributed by atoms with Crippen molar-refractivity contribution < 1.29 is 29.7 Å². The molecule has 0 bridgehead atoms. The van der Waals surface area contributed by atoms with E-state index in [0.29, 0.717) is 18.4 Å². The second kappa shape index (κ2) is 6.72. The average Bonchev–Trinajstić information content (AvgIpc) is 2.63. The second-order valence-electron chi connectivity index (χ2n) is 8.75. The summed E-state index contributed by atoms with van der Waals surface area (Å²) in [6.07, 6.45) is 0.882. The van der Waals surface area contributed by atoms with Crippen molar-refractivity contribution in [1.82, 2.24) is 0 Å². The molecule has 30 heavy (non-hydrogen) atoms. The van der Waals surface area contributed by atoms with E-state index in [2.05, 4.69) is 0 Å². The zero-order valence-electron chi connectivity index (χ0n) is 17.4. The zero-order chi connectivity index (χ0) is 22.1. The van der Waals surface area contributed by atoms with E-state index in [1.165, 1.54) is 6.92 Å². The van der Waals surface area contributed by atoms with E-state index >= 15 is 0 Å². The van der Waals surface area contributed by atoms with Crippen LogP contribution in [-0.4, -0.2) is 46.8 Å². The monoisotopic (exact) mass is 411 g/mol. The highest BCUT2D eigenvalue weighted by Crippen LogP contribution is 2.52. The minimum absolute atomic E-state index is 0.0203.